The van der Waals surface area contributed by atoms with Crippen molar-refractivity contribution in [2.24, 2.45) is 0 Å². The van der Waals surface area contributed by atoms with Gasteiger partial charge in [-0.15, -0.1) is 0 Å². The molecule has 4 rings (SSSR count). The van der Waals surface area contributed by atoms with Crippen molar-refractivity contribution in [2.75, 3.05) is 44.5 Å². The van der Waals surface area contributed by atoms with E-state index in [0.29, 0.717) is 30.4 Å². The summed E-state index contributed by atoms with van der Waals surface area (Å²) >= 11 is 0. The van der Waals surface area contributed by atoms with E-state index in [4.69, 9.17) is 9.47 Å². The number of methoxy groups -OCH3 is 1. The van der Waals surface area contributed by atoms with Crippen molar-refractivity contribution in [3.05, 3.63) is 55.4 Å². The van der Waals surface area contributed by atoms with E-state index in [-0.39, 0.29) is 12.0 Å². The lowest BCUT2D eigenvalue weighted by atomic mass is 10.1. The number of anilines is 3. The molecule has 8 nitrogen and oxygen atoms in total. The minimum absolute atomic E-state index is 0.0111. The highest BCUT2D eigenvalue weighted by Crippen LogP contribution is 2.36. The molecule has 0 saturated carbocycles. The number of likely N-dealkylation sites (tertiary alicyclic amines) is 1. The smallest absolute Gasteiger partial charge is 0.245 e. The van der Waals surface area contributed by atoms with Crippen LogP contribution in [0.1, 0.15) is 12.8 Å². The highest BCUT2D eigenvalue weighted by Gasteiger charge is 2.24. The van der Waals surface area contributed by atoms with Crippen molar-refractivity contribution in [1.29, 1.82) is 0 Å². The molecule has 0 aliphatic carbocycles. The number of fused-ring (bicyclic) bond motifs is 1. The average Bonchev–Trinajstić information content (AvgIpc) is 2.84. The molecule has 0 spiro atoms. The van der Waals surface area contributed by atoms with Crippen LogP contribution in [0.3, 0.4) is 0 Å². The Bertz CT molecular complexity index is 1160. The van der Waals surface area contributed by atoms with Gasteiger partial charge in [0.2, 0.25) is 5.91 Å². The molecule has 1 fully saturated rings. The molecule has 2 heterocycles. The molecule has 1 aliphatic heterocycles. The number of ether oxygens (including phenoxy) is 2. The Morgan fingerprint density at radius 1 is 1.18 bits per heavy atom. The lowest BCUT2D eigenvalue weighted by molar-refractivity contribution is -0.127. The maximum absolute atomic E-state index is 11.8. The topological polar surface area (TPSA) is 79.8 Å². The molecule has 1 amide bonds. The molecule has 0 bridgehead atoms. The van der Waals surface area contributed by atoms with Crippen LogP contribution >= 0.6 is 0 Å². The molecule has 0 unspecified atom stereocenters. The maximum atomic E-state index is 11.8. The second-order valence-electron chi connectivity index (χ2n) is 8.16. The van der Waals surface area contributed by atoms with Gasteiger partial charge in [0.1, 0.15) is 18.2 Å². The number of hydrogen-bond donors (Lipinski definition) is 1. The van der Waals surface area contributed by atoms with Crippen molar-refractivity contribution in [3.63, 3.8) is 0 Å². The third-order valence-electron chi connectivity index (χ3n) is 5.77. The number of piperidine rings is 1. The largest absolute Gasteiger partial charge is 0.493 e. The number of carbonyl (C=O) groups excluding carboxylic acids is 1. The lowest BCUT2D eigenvalue weighted by Crippen LogP contribution is -2.41. The van der Waals surface area contributed by atoms with Crippen LogP contribution in [0.15, 0.2) is 55.4 Å². The molecule has 33 heavy (non-hydrogen) atoms. The van der Waals surface area contributed by atoms with Crippen molar-refractivity contribution in [2.45, 2.75) is 18.9 Å². The number of hydrogen-bond acceptors (Lipinski definition) is 7. The van der Waals surface area contributed by atoms with Crippen LogP contribution in [0.4, 0.5) is 17.2 Å². The minimum Gasteiger partial charge on any atom is -0.493 e. The molecule has 8 heteroatoms. The van der Waals surface area contributed by atoms with Crippen LogP contribution in [0.5, 0.6) is 11.5 Å². The number of benzene rings is 2. The van der Waals surface area contributed by atoms with Crippen molar-refractivity contribution < 1.29 is 14.3 Å². The summed E-state index contributed by atoms with van der Waals surface area (Å²) in [5.41, 5.74) is 2.77. The molecule has 2 aromatic carbocycles. The van der Waals surface area contributed by atoms with Gasteiger partial charge in [-0.05, 0) is 30.3 Å². The molecule has 1 aliphatic rings. The molecular formula is C25H29N5O3. The molecule has 172 valence electrons. The van der Waals surface area contributed by atoms with Crippen molar-refractivity contribution in [3.8, 4) is 11.5 Å². The van der Waals surface area contributed by atoms with E-state index in [1.807, 2.05) is 49.3 Å². The van der Waals surface area contributed by atoms with Gasteiger partial charge in [0, 0.05) is 62.9 Å². The molecule has 0 atom stereocenters. The number of amides is 1. The van der Waals surface area contributed by atoms with Gasteiger partial charge in [0.05, 0.1) is 12.6 Å². The van der Waals surface area contributed by atoms with E-state index >= 15 is 0 Å². The lowest BCUT2D eigenvalue weighted by Gasteiger charge is -2.31. The van der Waals surface area contributed by atoms with E-state index in [0.717, 1.165) is 35.1 Å². The summed E-state index contributed by atoms with van der Waals surface area (Å²) < 4.78 is 11.9. The van der Waals surface area contributed by atoms with Crippen molar-refractivity contribution in [1.82, 2.24) is 14.9 Å². The molecular weight excluding hydrogens is 418 g/mol. The van der Waals surface area contributed by atoms with E-state index in [2.05, 4.69) is 27.9 Å². The molecule has 1 N–H and O–H groups in total. The Morgan fingerprint density at radius 2 is 1.97 bits per heavy atom. The number of nitrogens with one attached hydrogen (secondary N) is 1. The van der Waals surface area contributed by atoms with Crippen LogP contribution in [0.25, 0.3) is 10.9 Å². The van der Waals surface area contributed by atoms with Gasteiger partial charge < -0.3 is 24.6 Å². The normalized spacial score (nSPS) is 14.1. The second-order valence-corrected chi connectivity index (χ2v) is 8.16. The first-order chi connectivity index (χ1) is 16.0. The predicted octanol–water partition coefficient (Wildman–Crippen LogP) is 4.00. The van der Waals surface area contributed by atoms with Gasteiger partial charge in [0.25, 0.3) is 0 Å². The summed E-state index contributed by atoms with van der Waals surface area (Å²) in [4.78, 5) is 24.6. The van der Waals surface area contributed by atoms with Crippen LogP contribution in [-0.4, -0.2) is 61.2 Å². The Labute approximate surface area is 193 Å². The summed E-state index contributed by atoms with van der Waals surface area (Å²) in [6.07, 6.45) is 4.37. The van der Waals surface area contributed by atoms with Crippen LogP contribution in [0.2, 0.25) is 0 Å². The van der Waals surface area contributed by atoms with Gasteiger partial charge in [-0.3, -0.25) is 4.79 Å². The van der Waals surface area contributed by atoms with Gasteiger partial charge in [-0.1, -0.05) is 12.6 Å². The number of carbonyl (C=O) groups is 1. The van der Waals surface area contributed by atoms with Crippen LogP contribution in [-0.2, 0) is 4.79 Å². The fraction of sp³-hybridized carbons (Fsp3) is 0.320. The van der Waals surface area contributed by atoms with Crippen LogP contribution < -0.4 is 19.7 Å². The number of aromatic nitrogens is 2. The monoisotopic (exact) mass is 447 g/mol. The molecule has 1 aromatic heterocycles. The standard InChI is InChI=1S/C25H29N5O3/c1-5-24(31)30-11-9-19(10-12-30)33-23-14-20-21(15-22(23)32-4)26-16-27-25(20)28-17-7-6-8-18(13-17)29(2)3/h5-8,13-16,19H,1,9-12H2,2-4H3,(H,26,27,28). The highest BCUT2D eigenvalue weighted by molar-refractivity contribution is 5.93. The van der Waals surface area contributed by atoms with E-state index < -0.39 is 0 Å². The van der Waals surface area contributed by atoms with Crippen molar-refractivity contribution >= 4 is 34.0 Å². The minimum atomic E-state index is -0.0389. The zero-order valence-corrected chi connectivity index (χ0v) is 19.2. The summed E-state index contributed by atoms with van der Waals surface area (Å²) in [5, 5.41) is 4.24. The fourth-order valence-electron chi connectivity index (χ4n) is 3.92. The fourth-order valence-corrected chi connectivity index (χ4v) is 3.92. The summed E-state index contributed by atoms with van der Waals surface area (Å²) in [6, 6.07) is 11.9. The molecule has 3 aromatic rings. The van der Waals surface area contributed by atoms with E-state index in [1.54, 1.807) is 12.0 Å². The quantitative estimate of drug-likeness (QED) is 0.548. The zero-order chi connectivity index (χ0) is 23.4. The third kappa shape index (κ3) is 5.00. The Kier molecular flexibility index (Phi) is 6.63. The van der Waals surface area contributed by atoms with Gasteiger partial charge in [0.15, 0.2) is 11.5 Å². The highest BCUT2D eigenvalue weighted by atomic mass is 16.5. The van der Waals surface area contributed by atoms with E-state index in [1.165, 1.54) is 12.4 Å². The SMILES string of the molecule is C=CC(=O)N1CCC(Oc2cc3c(Nc4cccc(N(C)C)c4)ncnc3cc2OC)CC1. The number of nitrogens with zero attached hydrogens (tertiary/aromatic N) is 4. The predicted molar refractivity (Wildman–Crippen MR) is 131 cm³/mol. The number of rotatable bonds is 7. The first-order valence-electron chi connectivity index (χ1n) is 10.9. The average molecular weight is 448 g/mol. The Balaban J connectivity index is 1.60. The van der Waals surface area contributed by atoms with Gasteiger partial charge >= 0.3 is 0 Å². The summed E-state index contributed by atoms with van der Waals surface area (Å²) in [6.45, 7) is 4.85. The third-order valence-corrected chi connectivity index (χ3v) is 5.77. The molecule has 0 radical (unpaired) electrons. The zero-order valence-electron chi connectivity index (χ0n) is 19.2. The van der Waals surface area contributed by atoms with Crippen LogP contribution in [0, 0.1) is 0 Å². The first kappa shape index (κ1) is 22.4. The summed E-state index contributed by atoms with van der Waals surface area (Å²) in [5.74, 6) is 1.91. The molecule has 1 saturated heterocycles. The van der Waals surface area contributed by atoms with Gasteiger partial charge in [-0.2, -0.15) is 0 Å². The Morgan fingerprint density at radius 3 is 2.67 bits per heavy atom. The Hall–Kier alpha value is -3.81. The second kappa shape index (κ2) is 9.77. The van der Waals surface area contributed by atoms with Gasteiger partial charge in [-0.25, -0.2) is 9.97 Å². The maximum Gasteiger partial charge on any atom is 0.245 e. The first-order valence-corrected chi connectivity index (χ1v) is 10.9. The van der Waals surface area contributed by atoms with E-state index in [9.17, 15) is 4.79 Å². The summed E-state index contributed by atoms with van der Waals surface area (Å²) in [7, 11) is 5.63.